The second-order valence-corrected chi connectivity index (χ2v) is 13.9. The second-order valence-electron chi connectivity index (χ2n) is 8.62. The molecule has 0 aliphatic heterocycles. The third kappa shape index (κ3) is 7.77. The van der Waals surface area contributed by atoms with Gasteiger partial charge in [0.2, 0.25) is 19.9 Å². The topological polar surface area (TPSA) is 158 Å². The molecule has 0 saturated heterocycles. The number of alkyl halides is 3. The molecular formula is C24H24F3N2O8PS2. The number of benzene rings is 3. The average molecular weight is 621 g/mol. The normalized spacial score (nSPS) is 12.8. The Morgan fingerprint density at radius 2 is 1.52 bits per heavy atom. The first-order valence-corrected chi connectivity index (χ1v) is 16.1. The Morgan fingerprint density at radius 1 is 0.925 bits per heavy atom. The van der Waals surface area contributed by atoms with Gasteiger partial charge in [-0.25, -0.2) is 21.6 Å². The monoisotopic (exact) mass is 620 g/mol. The zero-order valence-corrected chi connectivity index (χ0v) is 23.3. The molecule has 0 bridgehead atoms. The quantitative estimate of drug-likeness (QED) is 0.292. The van der Waals surface area contributed by atoms with Crippen molar-refractivity contribution in [1.29, 1.82) is 0 Å². The van der Waals surface area contributed by atoms with Crippen molar-refractivity contribution < 1.29 is 49.2 Å². The van der Waals surface area contributed by atoms with Crippen LogP contribution in [0.5, 0.6) is 0 Å². The van der Waals surface area contributed by atoms with Crippen LogP contribution in [-0.4, -0.2) is 57.6 Å². The van der Waals surface area contributed by atoms with Crippen molar-refractivity contribution in [2.75, 3.05) is 20.1 Å². The van der Waals surface area contributed by atoms with Crippen LogP contribution >= 0.6 is 7.60 Å². The van der Waals surface area contributed by atoms with E-state index in [4.69, 9.17) is 9.79 Å². The molecule has 16 heteroatoms. The van der Waals surface area contributed by atoms with E-state index in [1.807, 2.05) is 4.72 Å². The van der Waals surface area contributed by atoms with Crippen molar-refractivity contribution in [3.05, 3.63) is 89.5 Å². The first-order chi connectivity index (χ1) is 18.4. The Balaban J connectivity index is 1.79. The van der Waals surface area contributed by atoms with Gasteiger partial charge in [0.25, 0.3) is 5.91 Å². The summed E-state index contributed by atoms with van der Waals surface area (Å²) in [6.07, 6.45) is -5.63. The number of sulfone groups is 1. The van der Waals surface area contributed by atoms with Gasteiger partial charge in [0.15, 0.2) is 0 Å². The van der Waals surface area contributed by atoms with Gasteiger partial charge in [-0.3, -0.25) is 9.36 Å². The first-order valence-electron chi connectivity index (χ1n) is 11.3. The molecule has 1 amide bonds. The number of rotatable bonds is 10. The highest BCUT2D eigenvalue weighted by Crippen LogP contribution is 2.39. The van der Waals surface area contributed by atoms with Gasteiger partial charge >= 0.3 is 13.8 Å². The SMILES string of the molecule is CN(CCNS(=O)(=O)c1cc(S(=O)(=O)c2ccccc2)ccc1C(F)(F)F)C(=O)c1ccc(CP(=O)(O)O)cc1. The average Bonchev–Trinajstić information content (AvgIpc) is 2.87. The summed E-state index contributed by atoms with van der Waals surface area (Å²) in [5, 5.41) is 0. The Morgan fingerprint density at radius 3 is 2.08 bits per heavy atom. The molecule has 40 heavy (non-hydrogen) atoms. The van der Waals surface area contributed by atoms with Crippen LogP contribution in [0.3, 0.4) is 0 Å². The molecule has 0 aliphatic carbocycles. The highest BCUT2D eigenvalue weighted by atomic mass is 32.2. The smallest absolute Gasteiger partial charge is 0.340 e. The largest absolute Gasteiger partial charge is 0.417 e. The number of nitrogens with zero attached hydrogens (tertiary/aromatic N) is 1. The minimum absolute atomic E-state index is 0.123. The minimum atomic E-state index is -5.11. The lowest BCUT2D eigenvalue weighted by Gasteiger charge is -2.19. The zero-order valence-electron chi connectivity index (χ0n) is 20.7. The number of nitrogens with one attached hydrogen (secondary N) is 1. The lowest BCUT2D eigenvalue weighted by molar-refractivity contribution is -0.139. The van der Waals surface area contributed by atoms with E-state index < -0.39 is 67.6 Å². The highest BCUT2D eigenvalue weighted by Gasteiger charge is 2.38. The number of likely N-dealkylation sites (N-methyl/N-ethyl adjacent to an activating group) is 1. The predicted octanol–water partition coefficient (Wildman–Crippen LogP) is 3.27. The van der Waals surface area contributed by atoms with E-state index in [1.165, 1.54) is 61.6 Å². The molecule has 0 atom stereocenters. The molecule has 3 aromatic carbocycles. The summed E-state index contributed by atoms with van der Waals surface area (Å²) in [5.74, 6) is -0.589. The molecule has 216 valence electrons. The Kier molecular flexibility index (Phi) is 9.29. The molecular weight excluding hydrogens is 596 g/mol. The number of carbonyl (C=O) groups excluding carboxylic acids is 1. The van der Waals surface area contributed by atoms with E-state index in [0.29, 0.717) is 18.2 Å². The lowest BCUT2D eigenvalue weighted by Crippen LogP contribution is -2.36. The Labute approximate surface area is 228 Å². The van der Waals surface area contributed by atoms with Gasteiger partial charge in [0.05, 0.1) is 26.4 Å². The molecule has 0 spiro atoms. The number of hydrogen-bond acceptors (Lipinski definition) is 6. The van der Waals surface area contributed by atoms with Gasteiger partial charge in [0.1, 0.15) is 0 Å². The molecule has 0 aromatic heterocycles. The third-order valence-electron chi connectivity index (χ3n) is 5.59. The van der Waals surface area contributed by atoms with Gasteiger partial charge in [-0.1, -0.05) is 30.3 Å². The van der Waals surface area contributed by atoms with E-state index in [-0.39, 0.29) is 22.6 Å². The molecule has 3 aromatic rings. The van der Waals surface area contributed by atoms with Crippen LogP contribution in [0, 0.1) is 0 Å². The summed E-state index contributed by atoms with van der Waals surface area (Å²) in [4.78, 5) is 29.6. The van der Waals surface area contributed by atoms with Gasteiger partial charge in [-0.05, 0) is 48.0 Å². The molecule has 3 rings (SSSR count). The maximum Gasteiger partial charge on any atom is 0.417 e. The number of hydrogen-bond donors (Lipinski definition) is 3. The molecule has 0 unspecified atom stereocenters. The van der Waals surface area contributed by atoms with Crippen LogP contribution in [0.25, 0.3) is 0 Å². The molecule has 0 aliphatic rings. The van der Waals surface area contributed by atoms with E-state index in [2.05, 4.69) is 0 Å². The van der Waals surface area contributed by atoms with E-state index in [9.17, 15) is 39.4 Å². The van der Waals surface area contributed by atoms with Crippen molar-refractivity contribution in [2.24, 2.45) is 0 Å². The van der Waals surface area contributed by atoms with Gasteiger partial charge in [-0.2, -0.15) is 13.2 Å². The fourth-order valence-corrected chi connectivity index (χ4v) is 6.94. The number of carbonyl (C=O) groups is 1. The molecule has 0 heterocycles. The van der Waals surface area contributed by atoms with Gasteiger partial charge in [-0.15, -0.1) is 0 Å². The number of amides is 1. The van der Waals surface area contributed by atoms with Crippen LogP contribution in [0.1, 0.15) is 21.5 Å². The van der Waals surface area contributed by atoms with Crippen molar-refractivity contribution in [3.8, 4) is 0 Å². The highest BCUT2D eigenvalue weighted by molar-refractivity contribution is 7.91. The summed E-state index contributed by atoms with van der Waals surface area (Å²) >= 11 is 0. The molecule has 0 saturated carbocycles. The number of sulfonamides is 1. The molecule has 0 fully saturated rings. The fraction of sp³-hybridized carbons (Fsp3) is 0.208. The summed E-state index contributed by atoms with van der Waals surface area (Å²) in [7, 11) is -12.2. The van der Waals surface area contributed by atoms with Crippen molar-refractivity contribution in [1.82, 2.24) is 9.62 Å². The first kappa shape index (κ1) is 31.5. The van der Waals surface area contributed by atoms with Crippen molar-refractivity contribution in [2.45, 2.75) is 27.0 Å². The van der Waals surface area contributed by atoms with Crippen LogP contribution in [0.2, 0.25) is 0 Å². The van der Waals surface area contributed by atoms with Gasteiger partial charge < -0.3 is 14.7 Å². The third-order valence-corrected chi connectivity index (χ3v) is 9.63. The Hall–Kier alpha value is -3.07. The van der Waals surface area contributed by atoms with E-state index >= 15 is 0 Å². The lowest BCUT2D eigenvalue weighted by atomic mass is 10.1. The van der Waals surface area contributed by atoms with Crippen molar-refractivity contribution >= 4 is 33.4 Å². The van der Waals surface area contributed by atoms with Gasteiger partial charge in [0, 0.05) is 25.7 Å². The molecule has 0 radical (unpaired) electrons. The van der Waals surface area contributed by atoms with E-state index in [1.54, 1.807) is 0 Å². The fourth-order valence-electron chi connectivity index (χ4n) is 3.60. The maximum absolute atomic E-state index is 13.7. The van der Waals surface area contributed by atoms with Crippen molar-refractivity contribution in [3.63, 3.8) is 0 Å². The van der Waals surface area contributed by atoms with Crippen LogP contribution in [0.15, 0.2) is 87.5 Å². The predicted molar refractivity (Wildman–Crippen MR) is 138 cm³/mol. The van der Waals surface area contributed by atoms with Crippen LogP contribution < -0.4 is 4.72 Å². The summed E-state index contributed by atoms with van der Waals surface area (Å²) in [6, 6.07) is 13.6. The Bertz CT molecular complexity index is 1640. The summed E-state index contributed by atoms with van der Waals surface area (Å²) in [6.45, 7) is -0.778. The maximum atomic E-state index is 13.7. The van der Waals surface area contributed by atoms with Crippen LogP contribution in [-0.2, 0) is 36.8 Å². The standard InChI is InChI=1S/C24H24F3N2O8PS2/c1-29(23(30)18-9-7-17(8-10-18)16-38(31,32)33)14-13-28-40(36,37)22-15-20(11-12-21(22)24(25,26)27)39(34,35)19-5-3-2-4-6-19/h2-12,15,28H,13-14,16H2,1H3,(H2,31,32,33). The second kappa shape index (κ2) is 11.8. The van der Waals surface area contributed by atoms with Crippen LogP contribution in [0.4, 0.5) is 13.2 Å². The minimum Gasteiger partial charge on any atom is -0.340 e. The summed E-state index contributed by atoms with van der Waals surface area (Å²) < 4.78 is 106. The molecule has 3 N–H and O–H groups in total. The number of halogens is 3. The van der Waals surface area contributed by atoms with E-state index in [0.717, 1.165) is 4.90 Å². The summed E-state index contributed by atoms with van der Waals surface area (Å²) in [5.41, 5.74) is -1.15. The molecule has 10 nitrogen and oxygen atoms in total. The zero-order chi connectivity index (χ0) is 29.9.